The minimum absolute atomic E-state index is 0.162. The van der Waals surface area contributed by atoms with Gasteiger partial charge in [0.15, 0.2) is 5.96 Å². The van der Waals surface area contributed by atoms with Crippen molar-refractivity contribution < 1.29 is 0 Å². The highest BCUT2D eigenvalue weighted by molar-refractivity contribution is 5.87. The Bertz CT molecular complexity index is 1000. The second-order valence-electron chi connectivity index (χ2n) is 8.03. The van der Waals surface area contributed by atoms with Crippen LogP contribution in [-0.2, 0) is 19.4 Å². The topological polar surface area (TPSA) is 67.1 Å². The van der Waals surface area contributed by atoms with Crippen molar-refractivity contribution in [1.82, 2.24) is 25.4 Å². The highest BCUT2D eigenvalue weighted by Gasteiger charge is 2.14. The summed E-state index contributed by atoms with van der Waals surface area (Å²) < 4.78 is 2.34. The van der Waals surface area contributed by atoms with Gasteiger partial charge < -0.3 is 15.2 Å². The molecule has 0 radical (unpaired) electrons. The molecule has 1 aliphatic heterocycles. The lowest BCUT2D eigenvalue weighted by molar-refractivity contribution is 0.592. The summed E-state index contributed by atoms with van der Waals surface area (Å²) in [6, 6.07) is 15.1. The molecule has 2 N–H and O–H groups in total. The van der Waals surface area contributed by atoms with Crippen LogP contribution in [0.4, 0.5) is 0 Å². The molecule has 1 unspecified atom stereocenters. The second kappa shape index (κ2) is 9.74. The van der Waals surface area contributed by atoms with Crippen LogP contribution in [0.15, 0.2) is 47.5 Å². The number of nitrogens with zero attached hydrogens (tertiary/aromatic N) is 4. The van der Waals surface area contributed by atoms with Gasteiger partial charge >= 0.3 is 0 Å². The summed E-state index contributed by atoms with van der Waals surface area (Å²) in [5.74, 6) is 3.12. The number of nitrogens with one attached hydrogen (secondary N) is 2. The molecule has 1 aromatic heterocycles. The van der Waals surface area contributed by atoms with Gasteiger partial charge in [0, 0.05) is 33.0 Å². The van der Waals surface area contributed by atoms with E-state index in [0.717, 1.165) is 50.0 Å². The van der Waals surface area contributed by atoms with E-state index in [4.69, 9.17) is 0 Å². The van der Waals surface area contributed by atoms with Crippen LogP contribution >= 0.6 is 0 Å². The maximum absolute atomic E-state index is 4.43. The zero-order valence-corrected chi connectivity index (χ0v) is 18.1. The Kier molecular flexibility index (Phi) is 6.62. The van der Waals surface area contributed by atoms with Crippen molar-refractivity contribution in [2.24, 2.45) is 4.99 Å². The number of guanidine groups is 1. The minimum atomic E-state index is 0.162. The molecular formula is C24H32N6. The molecule has 1 atom stereocenters. The summed E-state index contributed by atoms with van der Waals surface area (Å²) in [5.41, 5.74) is 1.28. The lowest BCUT2D eigenvalue weighted by Crippen LogP contribution is -2.39. The van der Waals surface area contributed by atoms with Crippen LogP contribution in [0, 0.1) is 0 Å². The van der Waals surface area contributed by atoms with Gasteiger partial charge in [-0.25, -0.2) is 0 Å². The van der Waals surface area contributed by atoms with Crippen molar-refractivity contribution in [2.75, 3.05) is 13.6 Å². The van der Waals surface area contributed by atoms with Gasteiger partial charge in [-0.1, -0.05) is 48.9 Å². The average Bonchev–Trinajstić information content (AvgIpc) is 3.00. The van der Waals surface area contributed by atoms with Crippen LogP contribution in [0.2, 0.25) is 0 Å². The van der Waals surface area contributed by atoms with E-state index in [1.54, 1.807) is 0 Å². The van der Waals surface area contributed by atoms with Crippen molar-refractivity contribution in [3.05, 3.63) is 59.7 Å². The molecule has 158 valence electrons. The largest absolute Gasteiger partial charge is 0.356 e. The molecule has 0 amide bonds. The van der Waals surface area contributed by atoms with Gasteiger partial charge in [-0.2, -0.15) is 0 Å². The summed E-state index contributed by atoms with van der Waals surface area (Å²) in [5, 5.41) is 18.4. The van der Waals surface area contributed by atoms with Crippen LogP contribution < -0.4 is 10.6 Å². The van der Waals surface area contributed by atoms with E-state index in [2.05, 4.69) is 79.8 Å². The first kappa shape index (κ1) is 20.4. The van der Waals surface area contributed by atoms with Crippen LogP contribution in [0.25, 0.3) is 10.8 Å². The first-order valence-electron chi connectivity index (χ1n) is 11.1. The third-order valence-electron chi connectivity index (χ3n) is 5.92. The van der Waals surface area contributed by atoms with Gasteiger partial charge in [-0.3, -0.25) is 4.99 Å². The Labute approximate surface area is 178 Å². The second-order valence-corrected chi connectivity index (χ2v) is 8.03. The van der Waals surface area contributed by atoms with E-state index in [1.165, 1.54) is 35.6 Å². The summed E-state index contributed by atoms with van der Waals surface area (Å²) in [7, 11) is 1.82. The molecule has 1 aliphatic rings. The van der Waals surface area contributed by atoms with E-state index in [9.17, 15) is 0 Å². The van der Waals surface area contributed by atoms with Crippen LogP contribution in [0.5, 0.6) is 0 Å². The maximum Gasteiger partial charge on any atom is 0.191 e. The lowest BCUT2D eigenvalue weighted by atomic mass is 10.00. The number of benzene rings is 2. The van der Waals surface area contributed by atoms with Gasteiger partial charge in [0.05, 0.1) is 6.04 Å². The Balaban J connectivity index is 1.31. The minimum Gasteiger partial charge on any atom is -0.356 e. The monoisotopic (exact) mass is 404 g/mol. The van der Waals surface area contributed by atoms with Crippen molar-refractivity contribution in [3.63, 3.8) is 0 Å². The Morgan fingerprint density at radius 2 is 1.97 bits per heavy atom. The molecule has 2 aromatic carbocycles. The fourth-order valence-corrected chi connectivity index (χ4v) is 4.29. The third kappa shape index (κ3) is 4.64. The number of aryl methyl sites for hydroxylation is 2. The quantitative estimate of drug-likeness (QED) is 0.370. The smallest absolute Gasteiger partial charge is 0.191 e. The van der Waals surface area contributed by atoms with Gasteiger partial charge in [-0.15, -0.1) is 10.2 Å². The van der Waals surface area contributed by atoms with Crippen LogP contribution in [-0.4, -0.2) is 34.3 Å². The van der Waals surface area contributed by atoms with Crippen LogP contribution in [0.1, 0.15) is 55.9 Å². The predicted molar refractivity (Wildman–Crippen MR) is 123 cm³/mol. The number of hydrogen-bond acceptors (Lipinski definition) is 3. The Morgan fingerprint density at radius 3 is 2.87 bits per heavy atom. The molecule has 0 saturated heterocycles. The average molecular weight is 405 g/mol. The van der Waals surface area contributed by atoms with E-state index in [0.29, 0.717) is 0 Å². The van der Waals surface area contributed by atoms with Crippen molar-refractivity contribution in [3.8, 4) is 0 Å². The molecule has 30 heavy (non-hydrogen) atoms. The normalized spacial score (nSPS) is 15.5. The van der Waals surface area contributed by atoms with Crippen molar-refractivity contribution >= 4 is 16.7 Å². The Hall–Kier alpha value is -2.89. The number of rotatable bonds is 6. The fourth-order valence-electron chi connectivity index (χ4n) is 4.29. The van der Waals surface area contributed by atoms with Crippen molar-refractivity contribution in [1.29, 1.82) is 0 Å². The van der Waals surface area contributed by atoms with E-state index < -0.39 is 0 Å². The first-order valence-corrected chi connectivity index (χ1v) is 11.1. The zero-order valence-electron chi connectivity index (χ0n) is 18.1. The summed E-state index contributed by atoms with van der Waals surface area (Å²) in [6.07, 6.45) is 6.77. The molecule has 4 rings (SSSR count). The number of hydrogen-bond donors (Lipinski definition) is 2. The van der Waals surface area contributed by atoms with Gasteiger partial charge in [0.25, 0.3) is 0 Å². The highest BCUT2D eigenvalue weighted by Crippen LogP contribution is 2.24. The zero-order chi connectivity index (χ0) is 20.8. The number of aromatic nitrogens is 3. The molecule has 0 fully saturated rings. The van der Waals surface area contributed by atoms with Gasteiger partial charge in [0.1, 0.15) is 11.6 Å². The Morgan fingerprint density at radius 1 is 1.10 bits per heavy atom. The predicted octanol–water partition coefficient (Wildman–Crippen LogP) is 4.02. The standard InChI is InChI=1S/C24H32N6/c1-18(20-13-8-11-19-10-5-6-12-21(19)20)27-24(25-2)26-16-9-15-23-29-28-22-14-4-3-7-17-30(22)23/h5-6,8,10-13,18H,3-4,7,9,14-17H2,1-2H3,(H2,25,26,27). The molecule has 6 nitrogen and oxygen atoms in total. The number of aliphatic imine (C=N–C) groups is 1. The lowest BCUT2D eigenvalue weighted by Gasteiger charge is -2.20. The molecule has 0 spiro atoms. The van der Waals surface area contributed by atoms with Crippen molar-refractivity contribution in [2.45, 2.75) is 58.0 Å². The van der Waals surface area contributed by atoms with E-state index >= 15 is 0 Å². The number of fused-ring (bicyclic) bond motifs is 2. The summed E-state index contributed by atoms with van der Waals surface area (Å²) in [6.45, 7) is 4.10. The van der Waals surface area contributed by atoms with E-state index in [1.807, 2.05) is 7.05 Å². The molecule has 0 bridgehead atoms. The molecule has 6 heteroatoms. The summed E-state index contributed by atoms with van der Waals surface area (Å²) >= 11 is 0. The molecular weight excluding hydrogens is 372 g/mol. The highest BCUT2D eigenvalue weighted by atomic mass is 15.3. The first-order chi connectivity index (χ1) is 14.8. The molecule has 0 saturated carbocycles. The van der Waals surface area contributed by atoms with Gasteiger partial charge in [-0.05, 0) is 42.5 Å². The molecule has 2 heterocycles. The SMILES string of the molecule is CN=C(NCCCc1nnc2n1CCCCC2)NC(C)c1cccc2ccccc12. The van der Waals surface area contributed by atoms with Crippen LogP contribution in [0.3, 0.4) is 0 Å². The summed E-state index contributed by atoms with van der Waals surface area (Å²) in [4.78, 5) is 4.41. The third-order valence-corrected chi connectivity index (χ3v) is 5.92. The maximum atomic E-state index is 4.43. The van der Waals surface area contributed by atoms with E-state index in [-0.39, 0.29) is 6.04 Å². The van der Waals surface area contributed by atoms with Gasteiger partial charge in [0.2, 0.25) is 0 Å². The molecule has 0 aliphatic carbocycles. The molecule has 3 aromatic rings. The fraction of sp³-hybridized carbons (Fsp3) is 0.458.